The van der Waals surface area contributed by atoms with Crippen molar-refractivity contribution >= 4 is 5.78 Å². The summed E-state index contributed by atoms with van der Waals surface area (Å²) < 4.78 is 1.93. The molecule has 0 amide bonds. The zero-order chi connectivity index (χ0) is 12.2. The van der Waals surface area contributed by atoms with Gasteiger partial charge in [0.2, 0.25) is 0 Å². The van der Waals surface area contributed by atoms with Crippen molar-refractivity contribution in [2.24, 2.45) is 5.41 Å². The lowest BCUT2D eigenvalue weighted by Gasteiger charge is -2.22. The molecule has 1 aromatic rings. The number of carbonyl (C=O) groups is 1. The molecular weight excluding hydrogens is 202 g/mol. The van der Waals surface area contributed by atoms with Crippen molar-refractivity contribution in [2.45, 2.75) is 53.5 Å². The molecule has 0 aliphatic carbocycles. The molecule has 90 valence electrons. The normalized spacial score (nSPS) is 11.8. The molecule has 1 aromatic heterocycles. The lowest BCUT2D eigenvalue weighted by atomic mass is 9.84. The molecule has 1 heterocycles. The summed E-state index contributed by atoms with van der Waals surface area (Å²) in [6.07, 6.45) is 4.02. The largest absolute Gasteiger partial charge is 0.300 e. The van der Waals surface area contributed by atoms with E-state index in [-0.39, 0.29) is 11.2 Å². The first kappa shape index (κ1) is 12.9. The van der Waals surface area contributed by atoms with E-state index in [0.29, 0.717) is 6.42 Å². The summed E-state index contributed by atoms with van der Waals surface area (Å²) in [4.78, 5) is 15.4. The van der Waals surface area contributed by atoms with Gasteiger partial charge in [-0.2, -0.15) is 5.10 Å². The Morgan fingerprint density at radius 3 is 2.75 bits per heavy atom. The fourth-order valence-electron chi connectivity index (χ4n) is 1.99. The van der Waals surface area contributed by atoms with Gasteiger partial charge in [0.25, 0.3) is 0 Å². The molecule has 0 aliphatic heterocycles. The zero-order valence-corrected chi connectivity index (χ0v) is 10.7. The summed E-state index contributed by atoms with van der Waals surface area (Å²) in [7, 11) is 0. The minimum Gasteiger partial charge on any atom is -0.300 e. The van der Waals surface area contributed by atoms with E-state index in [1.165, 1.54) is 0 Å². The van der Waals surface area contributed by atoms with Gasteiger partial charge < -0.3 is 4.79 Å². The van der Waals surface area contributed by atoms with E-state index in [2.05, 4.69) is 30.9 Å². The highest BCUT2D eigenvalue weighted by molar-refractivity contribution is 5.76. The van der Waals surface area contributed by atoms with E-state index in [0.717, 1.165) is 25.2 Å². The van der Waals surface area contributed by atoms with Gasteiger partial charge in [-0.15, -0.1) is 0 Å². The van der Waals surface area contributed by atoms with Gasteiger partial charge in [-0.3, -0.25) is 4.68 Å². The molecule has 0 spiro atoms. The summed E-state index contributed by atoms with van der Waals surface area (Å²) in [5.41, 5.74) is -0.0373. The summed E-state index contributed by atoms with van der Waals surface area (Å²) in [6, 6.07) is 0. The van der Waals surface area contributed by atoms with Crippen molar-refractivity contribution in [3.63, 3.8) is 0 Å². The van der Waals surface area contributed by atoms with Crippen LogP contribution in [0.2, 0.25) is 0 Å². The Hall–Kier alpha value is -1.19. The molecule has 4 heteroatoms. The van der Waals surface area contributed by atoms with Crippen molar-refractivity contribution in [1.82, 2.24) is 14.8 Å². The third-order valence-corrected chi connectivity index (χ3v) is 2.50. The van der Waals surface area contributed by atoms with Crippen LogP contribution in [0.25, 0.3) is 0 Å². The van der Waals surface area contributed by atoms with Crippen molar-refractivity contribution in [3.8, 4) is 0 Å². The van der Waals surface area contributed by atoms with Crippen LogP contribution in [-0.4, -0.2) is 20.5 Å². The van der Waals surface area contributed by atoms with Gasteiger partial charge >= 0.3 is 0 Å². The number of Topliss-reactive ketones (excluding diaryl/α,β-unsaturated/α-hetero) is 1. The maximum absolute atomic E-state index is 11.2. The fourth-order valence-corrected chi connectivity index (χ4v) is 1.99. The molecule has 0 saturated carbocycles. The van der Waals surface area contributed by atoms with Crippen LogP contribution in [0.5, 0.6) is 0 Å². The highest BCUT2D eigenvalue weighted by Gasteiger charge is 2.23. The van der Waals surface area contributed by atoms with Crippen LogP contribution in [0.1, 0.15) is 46.4 Å². The first-order chi connectivity index (χ1) is 7.44. The third-order valence-electron chi connectivity index (χ3n) is 2.50. The quantitative estimate of drug-likeness (QED) is 0.743. The van der Waals surface area contributed by atoms with Crippen LogP contribution >= 0.6 is 0 Å². The highest BCUT2D eigenvalue weighted by Crippen LogP contribution is 2.25. The summed E-state index contributed by atoms with van der Waals surface area (Å²) in [5.74, 6) is 1.21. The Balaban J connectivity index is 2.71. The topological polar surface area (TPSA) is 47.8 Å². The number of ketones is 1. The summed E-state index contributed by atoms with van der Waals surface area (Å²) in [5, 5.41) is 4.19. The molecule has 0 saturated heterocycles. The Morgan fingerprint density at radius 1 is 1.50 bits per heavy atom. The second kappa shape index (κ2) is 5.23. The van der Waals surface area contributed by atoms with Crippen LogP contribution in [-0.2, 0) is 17.8 Å². The predicted octanol–water partition coefficient (Wildman–Crippen LogP) is 2.24. The average Bonchev–Trinajstić information content (AvgIpc) is 2.50. The summed E-state index contributed by atoms with van der Waals surface area (Å²) >= 11 is 0. The standard InChI is InChI=1S/C12H21N3O/c1-5-6-15-11(13-9-14-15)8-12(3,4)7-10(2)16/h9H,5-8H2,1-4H3. The second-order valence-electron chi connectivity index (χ2n) is 5.12. The van der Waals surface area contributed by atoms with E-state index in [4.69, 9.17) is 0 Å². The van der Waals surface area contributed by atoms with Crippen molar-refractivity contribution in [2.75, 3.05) is 0 Å². The van der Waals surface area contributed by atoms with Crippen LogP contribution in [0.4, 0.5) is 0 Å². The lowest BCUT2D eigenvalue weighted by Crippen LogP contribution is -2.21. The minimum atomic E-state index is -0.0373. The van der Waals surface area contributed by atoms with Crippen molar-refractivity contribution in [1.29, 1.82) is 0 Å². The van der Waals surface area contributed by atoms with E-state index in [9.17, 15) is 4.79 Å². The van der Waals surface area contributed by atoms with E-state index >= 15 is 0 Å². The maximum Gasteiger partial charge on any atom is 0.138 e. The Labute approximate surface area is 97.1 Å². The molecule has 0 unspecified atom stereocenters. The smallest absolute Gasteiger partial charge is 0.138 e. The number of nitrogens with zero attached hydrogens (tertiary/aromatic N) is 3. The molecule has 0 N–H and O–H groups in total. The molecule has 0 bridgehead atoms. The monoisotopic (exact) mass is 223 g/mol. The van der Waals surface area contributed by atoms with Crippen molar-refractivity contribution < 1.29 is 4.79 Å². The zero-order valence-electron chi connectivity index (χ0n) is 10.7. The minimum absolute atomic E-state index is 0.0373. The molecule has 0 aromatic carbocycles. The van der Waals surface area contributed by atoms with Crippen LogP contribution in [0, 0.1) is 5.41 Å². The van der Waals surface area contributed by atoms with Gasteiger partial charge in [0, 0.05) is 19.4 Å². The Bertz CT molecular complexity index is 355. The van der Waals surface area contributed by atoms with Crippen LogP contribution < -0.4 is 0 Å². The summed E-state index contributed by atoms with van der Waals surface area (Å²) in [6.45, 7) is 8.84. The van der Waals surface area contributed by atoms with Crippen LogP contribution in [0.3, 0.4) is 0 Å². The number of hydrogen-bond donors (Lipinski definition) is 0. The van der Waals surface area contributed by atoms with Gasteiger partial charge in [0.05, 0.1) is 0 Å². The average molecular weight is 223 g/mol. The lowest BCUT2D eigenvalue weighted by molar-refractivity contribution is -0.118. The van der Waals surface area contributed by atoms with Gasteiger partial charge in [-0.05, 0) is 18.8 Å². The van der Waals surface area contributed by atoms with Gasteiger partial charge in [0.15, 0.2) is 0 Å². The number of aromatic nitrogens is 3. The molecule has 16 heavy (non-hydrogen) atoms. The van der Waals surface area contributed by atoms with Crippen LogP contribution in [0.15, 0.2) is 6.33 Å². The van der Waals surface area contributed by atoms with Crippen molar-refractivity contribution in [3.05, 3.63) is 12.2 Å². The van der Waals surface area contributed by atoms with E-state index in [1.54, 1.807) is 13.3 Å². The van der Waals surface area contributed by atoms with Gasteiger partial charge in [0.1, 0.15) is 17.9 Å². The fraction of sp³-hybridized carbons (Fsp3) is 0.750. The molecule has 0 aliphatic rings. The number of carbonyl (C=O) groups excluding carboxylic acids is 1. The predicted molar refractivity (Wildman–Crippen MR) is 63.1 cm³/mol. The molecule has 0 fully saturated rings. The van der Waals surface area contributed by atoms with Gasteiger partial charge in [-0.1, -0.05) is 20.8 Å². The molecule has 4 nitrogen and oxygen atoms in total. The SMILES string of the molecule is CCCn1ncnc1CC(C)(C)CC(C)=O. The molecule has 1 rings (SSSR count). The number of hydrogen-bond acceptors (Lipinski definition) is 3. The molecule has 0 atom stereocenters. The number of aryl methyl sites for hydroxylation is 1. The Kier molecular flexibility index (Phi) is 4.21. The van der Waals surface area contributed by atoms with E-state index < -0.39 is 0 Å². The Morgan fingerprint density at radius 2 is 2.19 bits per heavy atom. The van der Waals surface area contributed by atoms with Gasteiger partial charge in [-0.25, -0.2) is 4.98 Å². The molecular formula is C12H21N3O. The first-order valence-electron chi connectivity index (χ1n) is 5.81. The number of rotatable bonds is 6. The first-order valence-corrected chi connectivity index (χ1v) is 5.81. The third kappa shape index (κ3) is 3.76. The second-order valence-corrected chi connectivity index (χ2v) is 5.12. The maximum atomic E-state index is 11.2. The highest BCUT2D eigenvalue weighted by atomic mass is 16.1. The van der Waals surface area contributed by atoms with E-state index in [1.807, 2.05) is 4.68 Å². The molecule has 0 radical (unpaired) electrons.